The van der Waals surface area contributed by atoms with Crippen LogP contribution in [0.2, 0.25) is 0 Å². The highest BCUT2D eigenvalue weighted by atomic mass is 32.1. The van der Waals surface area contributed by atoms with Crippen LogP contribution in [0.5, 0.6) is 5.75 Å². The van der Waals surface area contributed by atoms with E-state index in [-0.39, 0.29) is 19.1 Å². The van der Waals surface area contributed by atoms with Gasteiger partial charge in [-0.3, -0.25) is 4.79 Å². The van der Waals surface area contributed by atoms with Crippen LogP contribution in [0.4, 0.5) is 5.00 Å². The molecule has 32 heavy (non-hydrogen) atoms. The molecular weight excluding hydrogens is 422 g/mol. The van der Waals surface area contributed by atoms with Crippen LogP contribution >= 0.6 is 11.3 Å². The Kier molecular flexibility index (Phi) is 6.90. The molecule has 1 heterocycles. The van der Waals surface area contributed by atoms with Gasteiger partial charge in [-0.05, 0) is 68.4 Å². The summed E-state index contributed by atoms with van der Waals surface area (Å²) in [4.78, 5) is 25.3. The number of carbonyl (C=O) groups is 2. The Hall–Kier alpha value is -3.12. The van der Waals surface area contributed by atoms with E-state index >= 15 is 0 Å². The third-order valence-electron chi connectivity index (χ3n) is 5.57. The Morgan fingerprint density at radius 2 is 1.78 bits per heavy atom. The minimum absolute atomic E-state index is 0.141. The normalized spacial score (nSPS) is 12.7. The summed E-state index contributed by atoms with van der Waals surface area (Å²) in [6.45, 7) is 3.89. The Morgan fingerprint density at radius 3 is 2.53 bits per heavy atom. The van der Waals surface area contributed by atoms with Crippen molar-refractivity contribution in [2.75, 3.05) is 18.5 Å². The highest BCUT2D eigenvalue weighted by Crippen LogP contribution is 2.37. The second-order valence-electron chi connectivity index (χ2n) is 7.91. The van der Waals surface area contributed by atoms with Gasteiger partial charge in [0.25, 0.3) is 5.91 Å². The number of thiophene rings is 1. The molecule has 3 aromatic rings. The number of hydrogen-bond acceptors (Lipinski definition) is 5. The van der Waals surface area contributed by atoms with Crippen molar-refractivity contribution in [2.24, 2.45) is 0 Å². The summed E-state index contributed by atoms with van der Waals surface area (Å²) in [6.07, 6.45) is 4.57. The first kappa shape index (κ1) is 22.1. The molecule has 0 atom stereocenters. The fraction of sp³-hybridized carbons (Fsp3) is 0.308. The molecule has 6 heteroatoms. The van der Waals surface area contributed by atoms with Crippen molar-refractivity contribution in [1.82, 2.24) is 0 Å². The molecule has 1 amide bonds. The molecule has 0 unspecified atom stereocenters. The molecule has 0 aliphatic heterocycles. The smallest absolute Gasteiger partial charge is 0.341 e. The van der Waals surface area contributed by atoms with Crippen molar-refractivity contribution >= 4 is 28.2 Å². The lowest BCUT2D eigenvalue weighted by molar-refractivity contribution is -0.118. The van der Waals surface area contributed by atoms with Crippen LogP contribution in [0, 0.1) is 6.92 Å². The number of hydrogen-bond donors (Lipinski definition) is 1. The highest BCUT2D eigenvalue weighted by molar-refractivity contribution is 7.15. The number of fused-ring (bicyclic) bond motifs is 1. The van der Waals surface area contributed by atoms with Crippen molar-refractivity contribution in [2.45, 2.75) is 39.5 Å². The average Bonchev–Trinajstić information content (AvgIpc) is 3.22. The predicted octanol–water partition coefficient (Wildman–Crippen LogP) is 5.80. The minimum Gasteiger partial charge on any atom is -0.484 e. The number of anilines is 1. The van der Waals surface area contributed by atoms with Gasteiger partial charge < -0.3 is 14.8 Å². The molecule has 1 aromatic heterocycles. The molecule has 2 aromatic carbocycles. The van der Waals surface area contributed by atoms with E-state index < -0.39 is 5.97 Å². The lowest BCUT2D eigenvalue weighted by Crippen LogP contribution is -2.21. The van der Waals surface area contributed by atoms with Crippen molar-refractivity contribution in [3.8, 4) is 16.9 Å². The molecule has 1 aliphatic rings. The molecule has 0 spiro atoms. The third kappa shape index (κ3) is 5.02. The zero-order chi connectivity index (χ0) is 22.5. The Bertz CT molecular complexity index is 1120. The summed E-state index contributed by atoms with van der Waals surface area (Å²) in [6, 6.07) is 13.9. The van der Waals surface area contributed by atoms with Crippen LogP contribution in [0.15, 0.2) is 47.8 Å². The quantitative estimate of drug-likeness (QED) is 0.463. The first-order chi connectivity index (χ1) is 15.5. The van der Waals surface area contributed by atoms with Gasteiger partial charge in [0.05, 0.1) is 6.61 Å². The van der Waals surface area contributed by atoms with Crippen LogP contribution in [-0.4, -0.2) is 25.1 Å². The molecule has 0 bridgehead atoms. The van der Waals surface area contributed by atoms with E-state index in [0.29, 0.717) is 16.3 Å². The number of amides is 1. The standard InChI is InChI=1S/C26H27NO4S/c1-3-30-26(29)24-22(20-11-10-18-6-4-5-7-19(18)14-20)16-32-25(24)27-23(28)15-31-21-12-8-17(2)9-13-21/h8-14,16H,3-7,15H2,1-2H3,(H,27,28). The molecule has 4 rings (SSSR count). The van der Waals surface area contributed by atoms with Crippen LogP contribution in [0.3, 0.4) is 0 Å². The monoisotopic (exact) mass is 449 g/mol. The average molecular weight is 450 g/mol. The largest absolute Gasteiger partial charge is 0.484 e. The van der Waals surface area contributed by atoms with Gasteiger partial charge in [0.1, 0.15) is 16.3 Å². The lowest BCUT2D eigenvalue weighted by Gasteiger charge is -2.17. The van der Waals surface area contributed by atoms with Crippen LogP contribution in [0.25, 0.3) is 11.1 Å². The second kappa shape index (κ2) is 10.0. The number of ether oxygens (including phenoxy) is 2. The molecule has 1 N–H and O–H groups in total. The van der Waals surface area contributed by atoms with Gasteiger partial charge in [-0.15, -0.1) is 11.3 Å². The van der Waals surface area contributed by atoms with Crippen molar-refractivity contribution in [1.29, 1.82) is 0 Å². The van der Waals surface area contributed by atoms with E-state index in [2.05, 4.69) is 23.5 Å². The topological polar surface area (TPSA) is 64.6 Å². The van der Waals surface area contributed by atoms with Gasteiger partial charge in [-0.1, -0.05) is 35.9 Å². The van der Waals surface area contributed by atoms with E-state index in [1.807, 2.05) is 36.6 Å². The molecule has 5 nitrogen and oxygen atoms in total. The molecule has 0 radical (unpaired) electrons. The molecule has 0 saturated carbocycles. The highest BCUT2D eigenvalue weighted by Gasteiger charge is 2.23. The number of rotatable bonds is 7. The van der Waals surface area contributed by atoms with E-state index in [1.165, 1.54) is 35.3 Å². The SMILES string of the molecule is CCOC(=O)c1c(-c2ccc3c(c2)CCCC3)csc1NC(=O)COc1ccc(C)cc1. The zero-order valence-electron chi connectivity index (χ0n) is 18.4. The number of nitrogens with one attached hydrogen (secondary N) is 1. The maximum absolute atomic E-state index is 12.8. The number of benzene rings is 2. The molecule has 0 fully saturated rings. The third-order valence-corrected chi connectivity index (χ3v) is 6.47. The summed E-state index contributed by atoms with van der Waals surface area (Å²) >= 11 is 1.33. The van der Waals surface area contributed by atoms with Gasteiger partial charge in [-0.25, -0.2) is 4.79 Å². The number of aryl methyl sites for hydroxylation is 3. The van der Waals surface area contributed by atoms with Crippen LogP contribution in [0.1, 0.15) is 46.8 Å². The Morgan fingerprint density at radius 1 is 1.03 bits per heavy atom. The van der Waals surface area contributed by atoms with Gasteiger partial charge in [0.15, 0.2) is 6.61 Å². The fourth-order valence-electron chi connectivity index (χ4n) is 3.92. The summed E-state index contributed by atoms with van der Waals surface area (Å²) in [7, 11) is 0. The fourth-order valence-corrected chi connectivity index (χ4v) is 4.89. The van der Waals surface area contributed by atoms with E-state index in [0.717, 1.165) is 29.5 Å². The van der Waals surface area contributed by atoms with Crippen molar-refractivity contribution < 1.29 is 19.1 Å². The number of carbonyl (C=O) groups excluding carboxylic acids is 2. The second-order valence-corrected chi connectivity index (χ2v) is 8.79. The zero-order valence-corrected chi connectivity index (χ0v) is 19.2. The number of esters is 1. The lowest BCUT2D eigenvalue weighted by atomic mass is 9.89. The van der Waals surface area contributed by atoms with Crippen LogP contribution < -0.4 is 10.1 Å². The first-order valence-corrected chi connectivity index (χ1v) is 11.8. The maximum atomic E-state index is 12.8. The minimum atomic E-state index is -0.434. The summed E-state index contributed by atoms with van der Waals surface area (Å²) in [5.74, 6) is -0.136. The predicted molar refractivity (Wildman–Crippen MR) is 128 cm³/mol. The molecule has 166 valence electrons. The van der Waals surface area contributed by atoms with Crippen molar-refractivity contribution in [3.63, 3.8) is 0 Å². The maximum Gasteiger partial charge on any atom is 0.341 e. The molecular formula is C26H27NO4S. The summed E-state index contributed by atoms with van der Waals surface area (Å²) in [5, 5.41) is 5.23. The summed E-state index contributed by atoms with van der Waals surface area (Å²) < 4.78 is 10.9. The van der Waals surface area contributed by atoms with Gasteiger partial charge in [0, 0.05) is 10.9 Å². The van der Waals surface area contributed by atoms with E-state index in [4.69, 9.17) is 9.47 Å². The van der Waals surface area contributed by atoms with Gasteiger partial charge >= 0.3 is 5.97 Å². The summed E-state index contributed by atoms with van der Waals surface area (Å²) in [5.41, 5.74) is 6.00. The molecule has 0 saturated heterocycles. The Balaban J connectivity index is 1.55. The van der Waals surface area contributed by atoms with Crippen LogP contribution in [-0.2, 0) is 22.4 Å². The first-order valence-electron chi connectivity index (χ1n) is 10.9. The Labute approximate surface area is 192 Å². The van der Waals surface area contributed by atoms with E-state index in [1.54, 1.807) is 6.92 Å². The molecule has 1 aliphatic carbocycles. The van der Waals surface area contributed by atoms with Gasteiger partial charge in [0.2, 0.25) is 0 Å². The van der Waals surface area contributed by atoms with Crippen molar-refractivity contribution in [3.05, 3.63) is 70.1 Å². The van der Waals surface area contributed by atoms with Gasteiger partial charge in [-0.2, -0.15) is 0 Å². The van der Waals surface area contributed by atoms with E-state index in [9.17, 15) is 9.59 Å².